The van der Waals surface area contributed by atoms with Gasteiger partial charge >= 0.3 is 0 Å². The molecular weight excluding hydrogens is 260 g/mol. The summed E-state index contributed by atoms with van der Waals surface area (Å²) < 4.78 is 0. The van der Waals surface area contributed by atoms with E-state index >= 15 is 0 Å². The zero-order valence-corrected chi connectivity index (χ0v) is 11.9. The highest BCUT2D eigenvalue weighted by Crippen LogP contribution is 2.34. The van der Waals surface area contributed by atoms with Gasteiger partial charge in [-0.2, -0.15) is 0 Å². The van der Waals surface area contributed by atoms with Gasteiger partial charge < -0.3 is 0 Å². The van der Waals surface area contributed by atoms with Crippen LogP contribution in [0.15, 0.2) is 89.8 Å². The fourth-order valence-electron chi connectivity index (χ4n) is 2.56. The fourth-order valence-corrected chi connectivity index (χ4v) is 2.83. The van der Waals surface area contributed by atoms with Crippen LogP contribution in [-0.2, 0) is 0 Å². The Labute approximate surface area is 125 Å². The highest BCUT2D eigenvalue weighted by molar-refractivity contribution is 7.80. The highest BCUT2D eigenvalue weighted by Gasteiger charge is 2.18. The normalized spacial score (nSPS) is 10.7. The van der Waals surface area contributed by atoms with Crippen LogP contribution in [0.25, 0.3) is 0 Å². The molecule has 3 aromatic rings. The topological polar surface area (TPSA) is 0 Å². The van der Waals surface area contributed by atoms with Crippen LogP contribution in [0.4, 0.5) is 0 Å². The summed E-state index contributed by atoms with van der Waals surface area (Å²) in [7, 11) is 0. The van der Waals surface area contributed by atoms with E-state index < -0.39 is 0 Å². The van der Waals surface area contributed by atoms with E-state index in [2.05, 4.69) is 60.7 Å². The molecule has 0 unspecified atom stereocenters. The van der Waals surface area contributed by atoms with Crippen molar-refractivity contribution in [2.75, 3.05) is 0 Å². The van der Waals surface area contributed by atoms with Gasteiger partial charge in [-0.05, 0) is 22.8 Å². The number of hydrogen-bond donors (Lipinski definition) is 0. The summed E-state index contributed by atoms with van der Waals surface area (Å²) in [6.45, 7) is 0. The molecule has 0 saturated carbocycles. The Morgan fingerprint density at radius 1 is 0.550 bits per heavy atom. The first-order valence-corrected chi connectivity index (χ1v) is 7.13. The van der Waals surface area contributed by atoms with Gasteiger partial charge in [-0.1, -0.05) is 91.5 Å². The highest BCUT2D eigenvalue weighted by atomic mass is 32.1. The predicted octanol–water partition coefficient (Wildman–Crippen LogP) is 5.42. The third kappa shape index (κ3) is 2.59. The molecule has 0 amide bonds. The summed E-state index contributed by atoms with van der Waals surface area (Å²) in [5.74, 6) is 0.200. The Morgan fingerprint density at radius 2 is 1.00 bits per heavy atom. The maximum absolute atomic E-state index is 5.53. The Kier molecular flexibility index (Phi) is 3.80. The van der Waals surface area contributed by atoms with E-state index in [0.717, 1.165) is 4.90 Å². The molecule has 1 radical (unpaired) electrons. The molecule has 0 saturated heterocycles. The van der Waals surface area contributed by atoms with Crippen LogP contribution in [0.1, 0.15) is 22.6 Å². The van der Waals surface area contributed by atoms with Crippen LogP contribution in [0.2, 0.25) is 0 Å². The van der Waals surface area contributed by atoms with E-state index in [1.54, 1.807) is 0 Å². The maximum Gasteiger partial charge on any atom is 0.0418 e. The lowest BCUT2D eigenvalue weighted by atomic mass is 9.85. The number of benzene rings is 3. The summed E-state index contributed by atoms with van der Waals surface area (Å²) in [5.41, 5.74) is 3.74. The van der Waals surface area contributed by atoms with Gasteiger partial charge in [-0.25, -0.2) is 0 Å². The molecule has 0 aromatic heterocycles. The second-order valence-electron chi connectivity index (χ2n) is 4.79. The van der Waals surface area contributed by atoms with Crippen molar-refractivity contribution < 1.29 is 0 Å². The molecule has 0 aliphatic carbocycles. The summed E-state index contributed by atoms with van der Waals surface area (Å²) in [5, 5.41) is 0. The van der Waals surface area contributed by atoms with Gasteiger partial charge in [-0.15, -0.1) is 0 Å². The zero-order valence-electron chi connectivity index (χ0n) is 11.1. The van der Waals surface area contributed by atoms with Crippen molar-refractivity contribution in [2.24, 2.45) is 0 Å². The number of hydrogen-bond acceptors (Lipinski definition) is 0. The zero-order chi connectivity index (χ0) is 13.8. The van der Waals surface area contributed by atoms with Crippen LogP contribution >= 0.6 is 12.6 Å². The van der Waals surface area contributed by atoms with E-state index in [4.69, 9.17) is 12.6 Å². The molecule has 20 heavy (non-hydrogen) atoms. The lowest BCUT2D eigenvalue weighted by molar-refractivity contribution is 0.946. The molecule has 0 aliphatic rings. The van der Waals surface area contributed by atoms with Crippen LogP contribution in [0.3, 0.4) is 0 Å². The molecule has 97 valence electrons. The van der Waals surface area contributed by atoms with Crippen molar-refractivity contribution in [3.05, 3.63) is 102 Å². The molecule has 0 spiro atoms. The number of rotatable bonds is 3. The largest absolute Gasteiger partial charge is 0.0798 e. The predicted molar refractivity (Wildman–Crippen MR) is 86.1 cm³/mol. The molecule has 1 heteroatoms. The van der Waals surface area contributed by atoms with Gasteiger partial charge in [0, 0.05) is 10.8 Å². The lowest BCUT2D eigenvalue weighted by Gasteiger charge is -2.20. The molecule has 3 rings (SSSR count). The van der Waals surface area contributed by atoms with Crippen LogP contribution in [-0.4, -0.2) is 0 Å². The second kappa shape index (κ2) is 5.89. The fraction of sp³-hybridized carbons (Fsp3) is 0.0526. The summed E-state index contributed by atoms with van der Waals surface area (Å²) >= 11 is 5.53. The Balaban J connectivity index is 2.17. The SMILES string of the molecule is [S]c1ccccc1C(c1ccccc1)c1ccccc1. The van der Waals surface area contributed by atoms with E-state index in [9.17, 15) is 0 Å². The van der Waals surface area contributed by atoms with Crippen molar-refractivity contribution in [1.82, 2.24) is 0 Å². The molecule has 0 fully saturated rings. The minimum Gasteiger partial charge on any atom is -0.0798 e. The maximum atomic E-state index is 5.53. The minimum atomic E-state index is 0.200. The van der Waals surface area contributed by atoms with Gasteiger partial charge in [0.05, 0.1) is 0 Å². The first-order chi connectivity index (χ1) is 9.86. The third-order valence-electron chi connectivity index (χ3n) is 3.50. The van der Waals surface area contributed by atoms with Crippen LogP contribution in [0, 0.1) is 0 Å². The van der Waals surface area contributed by atoms with E-state index in [0.29, 0.717) is 0 Å². The first-order valence-electron chi connectivity index (χ1n) is 6.72. The molecular formula is C19H15S. The minimum absolute atomic E-state index is 0.200. The van der Waals surface area contributed by atoms with Crippen molar-refractivity contribution in [1.29, 1.82) is 0 Å². The van der Waals surface area contributed by atoms with E-state index in [-0.39, 0.29) is 5.92 Å². The quantitative estimate of drug-likeness (QED) is 0.560. The van der Waals surface area contributed by atoms with Crippen molar-refractivity contribution in [3.63, 3.8) is 0 Å². The molecule has 0 atom stereocenters. The third-order valence-corrected chi connectivity index (χ3v) is 3.87. The van der Waals surface area contributed by atoms with Crippen molar-refractivity contribution in [3.8, 4) is 0 Å². The first kappa shape index (κ1) is 12.9. The Morgan fingerprint density at radius 3 is 1.50 bits per heavy atom. The average Bonchev–Trinajstić information content (AvgIpc) is 2.52. The summed E-state index contributed by atoms with van der Waals surface area (Å²) in [4.78, 5) is 0.921. The van der Waals surface area contributed by atoms with Crippen molar-refractivity contribution in [2.45, 2.75) is 10.8 Å². The van der Waals surface area contributed by atoms with Gasteiger partial charge in [0.25, 0.3) is 0 Å². The summed E-state index contributed by atoms with van der Waals surface area (Å²) in [6.07, 6.45) is 0. The average molecular weight is 275 g/mol. The van der Waals surface area contributed by atoms with Gasteiger partial charge in [0.15, 0.2) is 0 Å². The monoisotopic (exact) mass is 275 g/mol. The Bertz CT molecular complexity index is 635. The second-order valence-corrected chi connectivity index (χ2v) is 5.23. The standard InChI is InChI=1S/C19H15S/c20-18-14-8-7-13-17(18)19(15-9-3-1-4-10-15)16-11-5-2-6-12-16/h1-14,19H. The lowest BCUT2D eigenvalue weighted by Crippen LogP contribution is -2.04. The molecule has 0 nitrogen and oxygen atoms in total. The van der Waals surface area contributed by atoms with E-state index in [1.165, 1.54) is 16.7 Å². The van der Waals surface area contributed by atoms with Crippen molar-refractivity contribution >= 4 is 12.6 Å². The van der Waals surface area contributed by atoms with Gasteiger partial charge in [0.2, 0.25) is 0 Å². The molecule has 0 bridgehead atoms. The van der Waals surface area contributed by atoms with Crippen LogP contribution < -0.4 is 0 Å². The van der Waals surface area contributed by atoms with Gasteiger partial charge in [-0.3, -0.25) is 0 Å². The molecule has 0 N–H and O–H groups in total. The smallest absolute Gasteiger partial charge is 0.0418 e. The summed E-state index contributed by atoms with van der Waals surface area (Å²) in [6, 6.07) is 29.3. The molecule has 3 aromatic carbocycles. The van der Waals surface area contributed by atoms with E-state index in [1.807, 2.05) is 24.3 Å². The Hall–Kier alpha value is -2.12. The molecule has 0 aliphatic heterocycles. The van der Waals surface area contributed by atoms with Crippen LogP contribution in [0.5, 0.6) is 0 Å². The molecule has 0 heterocycles. The van der Waals surface area contributed by atoms with Gasteiger partial charge in [0.1, 0.15) is 0 Å².